The largest absolute Gasteiger partial charge is 0.334 e. The standard InChI is InChI=1S/C21H16N4O4/c1-24-19(27)20(28)25(21(24)29)12-13-7-9-15(10-8-13)18(26)23-16-6-2-4-14-5-3-11-22-17(14)16/h2-11H,12H2,1H3,(H,23,26). The van der Waals surface area contributed by atoms with Crippen LogP contribution in [0.15, 0.2) is 60.8 Å². The number of amides is 5. The highest BCUT2D eigenvalue weighted by Gasteiger charge is 2.41. The normalized spacial score (nSPS) is 14.0. The molecule has 144 valence electrons. The molecule has 0 unspecified atom stereocenters. The van der Waals surface area contributed by atoms with E-state index in [1.165, 1.54) is 7.05 Å². The number of hydrogen-bond acceptors (Lipinski definition) is 5. The number of anilines is 1. The van der Waals surface area contributed by atoms with Crippen LogP contribution in [0.2, 0.25) is 0 Å². The average molecular weight is 388 g/mol. The van der Waals surface area contributed by atoms with Crippen LogP contribution >= 0.6 is 0 Å². The van der Waals surface area contributed by atoms with E-state index in [1.807, 2.05) is 24.3 Å². The maximum absolute atomic E-state index is 12.6. The SMILES string of the molecule is CN1C(=O)C(=O)N(Cc2ccc(C(=O)Nc3cccc4cccnc34)cc2)C1=O. The fourth-order valence-electron chi connectivity index (χ4n) is 3.10. The van der Waals surface area contributed by atoms with Gasteiger partial charge in [-0.3, -0.25) is 29.2 Å². The van der Waals surface area contributed by atoms with Crippen molar-refractivity contribution >= 4 is 40.3 Å². The molecule has 0 atom stereocenters. The van der Waals surface area contributed by atoms with Crippen molar-refractivity contribution in [2.75, 3.05) is 12.4 Å². The number of carbonyl (C=O) groups is 4. The van der Waals surface area contributed by atoms with E-state index < -0.39 is 17.8 Å². The summed E-state index contributed by atoms with van der Waals surface area (Å²) in [6.07, 6.45) is 1.66. The van der Waals surface area contributed by atoms with Gasteiger partial charge in [0.2, 0.25) is 0 Å². The minimum Gasteiger partial charge on any atom is -0.320 e. The summed E-state index contributed by atoms with van der Waals surface area (Å²) in [7, 11) is 1.26. The molecule has 0 bridgehead atoms. The molecule has 0 spiro atoms. The predicted octanol–water partition coefficient (Wildman–Crippen LogP) is 2.41. The van der Waals surface area contributed by atoms with Gasteiger partial charge in [0.15, 0.2) is 0 Å². The number of likely N-dealkylation sites (N-methyl/N-ethyl adjacent to an activating group) is 1. The molecule has 4 rings (SSSR count). The zero-order chi connectivity index (χ0) is 20.5. The maximum Gasteiger partial charge on any atom is 0.334 e. The van der Waals surface area contributed by atoms with E-state index in [0.717, 1.165) is 15.2 Å². The molecule has 1 N–H and O–H groups in total. The number of aromatic nitrogens is 1. The number of nitrogens with zero attached hydrogens (tertiary/aromatic N) is 3. The molecular weight excluding hydrogens is 372 g/mol. The molecule has 5 amide bonds. The zero-order valence-corrected chi connectivity index (χ0v) is 15.5. The van der Waals surface area contributed by atoms with E-state index in [-0.39, 0.29) is 12.5 Å². The molecule has 1 aromatic heterocycles. The summed E-state index contributed by atoms with van der Waals surface area (Å²) in [6.45, 7) is -0.0388. The van der Waals surface area contributed by atoms with Gasteiger partial charge in [0, 0.05) is 24.2 Å². The summed E-state index contributed by atoms with van der Waals surface area (Å²) in [6, 6.07) is 15.1. The zero-order valence-electron chi connectivity index (χ0n) is 15.5. The summed E-state index contributed by atoms with van der Waals surface area (Å²) in [5.41, 5.74) is 2.33. The smallest absolute Gasteiger partial charge is 0.320 e. The van der Waals surface area contributed by atoms with Gasteiger partial charge in [-0.1, -0.05) is 30.3 Å². The Morgan fingerprint density at radius 3 is 2.38 bits per heavy atom. The molecular formula is C21H16N4O4. The van der Waals surface area contributed by atoms with Crippen molar-refractivity contribution in [2.45, 2.75) is 6.54 Å². The van der Waals surface area contributed by atoms with Crippen LogP contribution in [0.4, 0.5) is 10.5 Å². The highest BCUT2D eigenvalue weighted by molar-refractivity contribution is 6.44. The van der Waals surface area contributed by atoms with Crippen LogP contribution in [0, 0.1) is 0 Å². The molecule has 1 aliphatic rings. The topological polar surface area (TPSA) is 99.7 Å². The summed E-state index contributed by atoms with van der Waals surface area (Å²) < 4.78 is 0. The van der Waals surface area contributed by atoms with Gasteiger partial charge in [-0.05, 0) is 29.8 Å². The van der Waals surface area contributed by atoms with E-state index in [9.17, 15) is 19.2 Å². The van der Waals surface area contributed by atoms with Crippen LogP contribution in [-0.2, 0) is 16.1 Å². The van der Waals surface area contributed by atoms with Crippen LogP contribution < -0.4 is 5.32 Å². The van der Waals surface area contributed by atoms with E-state index in [1.54, 1.807) is 36.5 Å². The number of carbonyl (C=O) groups excluding carboxylic acids is 4. The van der Waals surface area contributed by atoms with Gasteiger partial charge in [0.05, 0.1) is 17.7 Å². The molecule has 3 aromatic rings. The van der Waals surface area contributed by atoms with Gasteiger partial charge < -0.3 is 5.32 Å². The highest BCUT2D eigenvalue weighted by atomic mass is 16.2. The third-order valence-electron chi connectivity index (χ3n) is 4.69. The molecule has 1 aliphatic heterocycles. The Morgan fingerprint density at radius 2 is 1.69 bits per heavy atom. The number of imide groups is 2. The maximum atomic E-state index is 12.6. The Kier molecular flexibility index (Phi) is 4.52. The third-order valence-corrected chi connectivity index (χ3v) is 4.69. The quantitative estimate of drug-likeness (QED) is 0.547. The summed E-state index contributed by atoms with van der Waals surface area (Å²) in [4.78, 5) is 54.0. The van der Waals surface area contributed by atoms with Crippen molar-refractivity contribution in [3.63, 3.8) is 0 Å². The second kappa shape index (κ2) is 7.16. The Labute approximate surface area is 165 Å². The first-order chi connectivity index (χ1) is 14.0. The number of fused-ring (bicyclic) bond motifs is 1. The van der Waals surface area contributed by atoms with Crippen molar-refractivity contribution in [1.82, 2.24) is 14.8 Å². The Morgan fingerprint density at radius 1 is 0.966 bits per heavy atom. The van der Waals surface area contributed by atoms with Crippen LogP contribution in [0.3, 0.4) is 0 Å². The van der Waals surface area contributed by atoms with E-state index in [4.69, 9.17) is 0 Å². The lowest BCUT2D eigenvalue weighted by Crippen LogP contribution is -2.31. The molecule has 8 heteroatoms. The van der Waals surface area contributed by atoms with Crippen molar-refractivity contribution in [1.29, 1.82) is 0 Å². The van der Waals surface area contributed by atoms with E-state index in [2.05, 4.69) is 10.3 Å². The fraction of sp³-hybridized carbons (Fsp3) is 0.0952. The number of nitrogens with one attached hydrogen (secondary N) is 1. The van der Waals surface area contributed by atoms with Gasteiger partial charge in [0.1, 0.15) is 0 Å². The number of pyridine rings is 1. The molecule has 0 saturated carbocycles. The first-order valence-corrected chi connectivity index (χ1v) is 8.83. The van der Waals surface area contributed by atoms with Gasteiger partial charge in [-0.25, -0.2) is 4.79 Å². The lowest BCUT2D eigenvalue weighted by molar-refractivity contribution is -0.143. The van der Waals surface area contributed by atoms with Gasteiger partial charge >= 0.3 is 17.8 Å². The van der Waals surface area contributed by atoms with Crippen LogP contribution in [-0.4, -0.2) is 45.6 Å². The highest BCUT2D eigenvalue weighted by Crippen LogP contribution is 2.21. The lowest BCUT2D eigenvalue weighted by Gasteiger charge is -2.13. The molecule has 1 saturated heterocycles. The number of urea groups is 1. The Hall–Kier alpha value is -4.07. The summed E-state index contributed by atoms with van der Waals surface area (Å²) >= 11 is 0. The first kappa shape index (κ1) is 18.3. The van der Waals surface area contributed by atoms with E-state index in [0.29, 0.717) is 22.3 Å². The van der Waals surface area contributed by atoms with Crippen LogP contribution in [0.5, 0.6) is 0 Å². The minimum atomic E-state index is -0.859. The van der Waals surface area contributed by atoms with Crippen molar-refractivity contribution in [2.24, 2.45) is 0 Å². The van der Waals surface area contributed by atoms with Gasteiger partial charge in [-0.2, -0.15) is 0 Å². The third kappa shape index (κ3) is 3.31. The van der Waals surface area contributed by atoms with Crippen molar-refractivity contribution in [3.05, 3.63) is 71.9 Å². The molecule has 1 fully saturated rings. The second-order valence-electron chi connectivity index (χ2n) is 6.57. The fourth-order valence-corrected chi connectivity index (χ4v) is 3.10. The minimum absolute atomic E-state index is 0.0388. The number of rotatable bonds is 4. The van der Waals surface area contributed by atoms with Crippen LogP contribution in [0.25, 0.3) is 10.9 Å². The molecule has 2 aromatic carbocycles. The summed E-state index contributed by atoms with van der Waals surface area (Å²) in [5.74, 6) is -2.02. The van der Waals surface area contributed by atoms with Crippen molar-refractivity contribution in [3.8, 4) is 0 Å². The van der Waals surface area contributed by atoms with E-state index >= 15 is 0 Å². The predicted molar refractivity (Wildman–Crippen MR) is 105 cm³/mol. The molecule has 29 heavy (non-hydrogen) atoms. The average Bonchev–Trinajstić information content (AvgIpc) is 2.92. The monoisotopic (exact) mass is 388 g/mol. The van der Waals surface area contributed by atoms with Gasteiger partial charge in [-0.15, -0.1) is 0 Å². The summed E-state index contributed by atoms with van der Waals surface area (Å²) in [5, 5.41) is 3.76. The number of hydrogen-bond donors (Lipinski definition) is 1. The van der Waals surface area contributed by atoms with Gasteiger partial charge in [0.25, 0.3) is 5.91 Å². The second-order valence-corrected chi connectivity index (χ2v) is 6.57. The Balaban J connectivity index is 1.49. The molecule has 2 heterocycles. The molecule has 0 radical (unpaired) electrons. The molecule has 8 nitrogen and oxygen atoms in total. The number of benzene rings is 2. The molecule has 0 aliphatic carbocycles. The van der Waals surface area contributed by atoms with Crippen molar-refractivity contribution < 1.29 is 19.2 Å². The first-order valence-electron chi connectivity index (χ1n) is 8.83. The van der Waals surface area contributed by atoms with Crippen LogP contribution in [0.1, 0.15) is 15.9 Å². The Bertz CT molecular complexity index is 1150. The number of para-hydroxylation sites is 1. The lowest BCUT2D eigenvalue weighted by atomic mass is 10.1.